The highest BCUT2D eigenvalue weighted by molar-refractivity contribution is 9.10. The number of aliphatic hydroxyl groups is 1. The quantitative estimate of drug-likeness (QED) is 0.808. The summed E-state index contributed by atoms with van der Waals surface area (Å²) in [6, 6.07) is 8.26. The number of hydrogen-bond donors (Lipinski definition) is 2. The molecule has 1 unspecified atom stereocenters. The number of halogens is 1. The lowest BCUT2D eigenvalue weighted by Crippen LogP contribution is -2.31. The molecular weight excluding hydrogens is 262 g/mol. The van der Waals surface area contributed by atoms with E-state index in [-0.39, 0.29) is 12.6 Å². The number of benzene rings is 1. The van der Waals surface area contributed by atoms with E-state index in [2.05, 4.69) is 27.3 Å². The van der Waals surface area contributed by atoms with Gasteiger partial charge >= 0.3 is 0 Å². The highest BCUT2D eigenvalue weighted by atomic mass is 79.9. The molecule has 0 radical (unpaired) electrons. The maximum absolute atomic E-state index is 8.99. The Balaban J connectivity index is 2.49. The highest BCUT2D eigenvalue weighted by Gasteiger charge is 2.06. The van der Waals surface area contributed by atoms with Crippen molar-refractivity contribution in [2.75, 3.05) is 19.4 Å². The third-order valence-electron chi connectivity index (χ3n) is 1.91. The zero-order chi connectivity index (χ0) is 10.4. The number of aliphatic hydroxyl groups excluding tert-OH is 1. The number of hydrogen-bond acceptors (Lipinski definition) is 3. The van der Waals surface area contributed by atoms with Crippen molar-refractivity contribution in [2.24, 2.45) is 0 Å². The fourth-order valence-corrected chi connectivity index (χ4v) is 2.64. The molecule has 0 saturated carbocycles. The Morgan fingerprint density at radius 2 is 2.21 bits per heavy atom. The van der Waals surface area contributed by atoms with Crippen molar-refractivity contribution < 1.29 is 5.11 Å². The van der Waals surface area contributed by atoms with Crippen molar-refractivity contribution in [3.8, 4) is 0 Å². The molecule has 1 aromatic carbocycles. The van der Waals surface area contributed by atoms with Crippen LogP contribution in [0.5, 0.6) is 0 Å². The van der Waals surface area contributed by atoms with E-state index in [9.17, 15) is 0 Å². The third kappa shape index (κ3) is 3.61. The second kappa shape index (κ2) is 6.45. The molecule has 0 spiro atoms. The molecule has 1 atom stereocenters. The zero-order valence-electron chi connectivity index (χ0n) is 8.03. The summed E-state index contributed by atoms with van der Waals surface area (Å²) in [5.41, 5.74) is 0. The van der Waals surface area contributed by atoms with Gasteiger partial charge in [-0.25, -0.2) is 0 Å². The summed E-state index contributed by atoms with van der Waals surface area (Å²) in [4.78, 5) is 1.21. The molecule has 14 heavy (non-hydrogen) atoms. The monoisotopic (exact) mass is 275 g/mol. The average Bonchev–Trinajstić information content (AvgIpc) is 2.22. The minimum atomic E-state index is 0.159. The van der Waals surface area contributed by atoms with Gasteiger partial charge in [0.2, 0.25) is 0 Å². The van der Waals surface area contributed by atoms with Gasteiger partial charge < -0.3 is 10.4 Å². The Labute approximate surface area is 97.2 Å². The van der Waals surface area contributed by atoms with Crippen molar-refractivity contribution in [3.63, 3.8) is 0 Å². The lowest BCUT2D eigenvalue weighted by atomic mass is 10.4. The van der Waals surface area contributed by atoms with Crippen molar-refractivity contribution in [1.29, 1.82) is 0 Å². The van der Waals surface area contributed by atoms with Crippen molar-refractivity contribution in [2.45, 2.75) is 10.9 Å². The number of thioether (sulfide) groups is 1. The van der Waals surface area contributed by atoms with Gasteiger partial charge in [-0.1, -0.05) is 12.1 Å². The van der Waals surface area contributed by atoms with Gasteiger partial charge in [0.05, 0.1) is 6.61 Å². The largest absolute Gasteiger partial charge is 0.395 e. The molecular formula is C10H14BrNOS. The van der Waals surface area contributed by atoms with Crippen LogP contribution in [0, 0.1) is 0 Å². The van der Waals surface area contributed by atoms with E-state index in [0.717, 1.165) is 10.2 Å². The summed E-state index contributed by atoms with van der Waals surface area (Å²) < 4.78 is 1.11. The van der Waals surface area contributed by atoms with Gasteiger partial charge in [0.15, 0.2) is 0 Å². The van der Waals surface area contributed by atoms with Crippen LogP contribution in [0.4, 0.5) is 0 Å². The van der Waals surface area contributed by atoms with Gasteiger partial charge in [-0.3, -0.25) is 0 Å². The van der Waals surface area contributed by atoms with Gasteiger partial charge in [-0.2, -0.15) is 0 Å². The summed E-state index contributed by atoms with van der Waals surface area (Å²) in [5.74, 6) is 0.871. The van der Waals surface area contributed by atoms with E-state index >= 15 is 0 Å². The number of rotatable bonds is 5. The first-order valence-electron chi connectivity index (χ1n) is 4.43. The first kappa shape index (κ1) is 12.0. The van der Waals surface area contributed by atoms with Crippen molar-refractivity contribution in [1.82, 2.24) is 5.32 Å². The second-order valence-electron chi connectivity index (χ2n) is 2.91. The van der Waals surface area contributed by atoms with Crippen LogP contribution in [-0.4, -0.2) is 30.6 Å². The molecule has 2 nitrogen and oxygen atoms in total. The van der Waals surface area contributed by atoms with Crippen molar-refractivity contribution >= 4 is 27.7 Å². The molecule has 0 saturated heterocycles. The van der Waals surface area contributed by atoms with E-state index in [1.165, 1.54) is 4.90 Å². The molecule has 1 aromatic rings. The summed E-state index contributed by atoms with van der Waals surface area (Å²) in [6.45, 7) is 0.175. The molecule has 0 fully saturated rings. The van der Waals surface area contributed by atoms with E-state index in [0.29, 0.717) is 0 Å². The SMILES string of the molecule is CNC(CO)CSc1ccccc1Br. The van der Waals surface area contributed by atoms with Crippen LogP contribution in [0.15, 0.2) is 33.6 Å². The Morgan fingerprint density at radius 3 is 2.79 bits per heavy atom. The summed E-state index contributed by atoms with van der Waals surface area (Å²) in [6.07, 6.45) is 0. The topological polar surface area (TPSA) is 32.3 Å². The predicted molar refractivity (Wildman–Crippen MR) is 64.8 cm³/mol. The second-order valence-corrected chi connectivity index (χ2v) is 4.83. The number of nitrogens with one attached hydrogen (secondary N) is 1. The molecule has 0 aromatic heterocycles. The van der Waals surface area contributed by atoms with E-state index in [4.69, 9.17) is 5.11 Å². The Bertz CT molecular complexity index is 279. The molecule has 0 aliphatic rings. The molecule has 0 amide bonds. The molecule has 1 rings (SSSR count). The Kier molecular flexibility index (Phi) is 5.55. The Hall–Kier alpha value is -0.0300. The maximum Gasteiger partial charge on any atom is 0.0592 e. The van der Waals surface area contributed by atoms with Gasteiger partial charge in [-0.05, 0) is 35.1 Å². The maximum atomic E-state index is 8.99. The molecule has 0 bridgehead atoms. The van der Waals surface area contributed by atoms with Gasteiger partial charge in [0.1, 0.15) is 0 Å². The van der Waals surface area contributed by atoms with E-state index < -0.39 is 0 Å². The lowest BCUT2D eigenvalue weighted by Gasteiger charge is -2.12. The van der Waals surface area contributed by atoms with Gasteiger partial charge in [0, 0.05) is 21.2 Å². The fourth-order valence-electron chi connectivity index (χ4n) is 0.979. The molecule has 0 aliphatic heterocycles. The van der Waals surface area contributed by atoms with Gasteiger partial charge in [0.25, 0.3) is 0 Å². The highest BCUT2D eigenvalue weighted by Crippen LogP contribution is 2.27. The minimum Gasteiger partial charge on any atom is -0.395 e. The molecule has 4 heteroatoms. The first-order valence-corrected chi connectivity index (χ1v) is 6.21. The molecule has 0 heterocycles. The summed E-state index contributed by atoms with van der Waals surface area (Å²) >= 11 is 5.22. The summed E-state index contributed by atoms with van der Waals surface area (Å²) in [5, 5.41) is 12.0. The minimum absolute atomic E-state index is 0.159. The lowest BCUT2D eigenvalue weighted by molar-refractivity contribution is 0.260. The van der Waals surface area contributed by atoms with Crippen LogP contribution >= 0.6 is 27.7 Å². The van der Waals surface area contributed by atoms with E-state index in [1.807, 2.05) is 25.2 Å². The van der Waals surface area contributed by atoms with Crippen LogP contribution in [0.25, 0.3) is 0 Å². The van der Waals surface area contributed by atoms with Crippen LogP contribution < -0.4 is 5.32 Å². The standard InChI is InChI=1S/C10H14BrNOS/c1-12-8(6-13)7-14-10-5-3-2-4-9(10)11/h2-5,8,12-13H,6-7H2,1H3. The first-order chi connectivity index (χ1) is 6.77. The van der Waals surface area contributed by atoms with Gasteiger partial charge in [-0.15, -0.1) is 11.8 Å². The molecule has 78 valence electrons. The molecule has 0 aliphatic carbocycles. The van der Waals surface area contributed by atoms with Crippen LogP contribution in [0.1, 0.15) is 0 Å². The predicted octanol–water partition coefficient (Wildman–Crippen LogP) is 2.12. The smallest absolute Gasteiger partial charge is 0.0592 e. The zero-order valence-corrected chi connectivity index (χ0v) is 10.4. The summed E-state index contributed by atoms with van der Waals surface area (Å²) in [7, 11) is 1.86. The molecule has 2 N–H and O–H groups in total. The fraction of sp³-hybridized carbons (Fsp3) is 0.400. The normalized spacial score (nSPS) is 12.8. The van der Waals surface area contributed by atoms with Crippen LogP contribution in [-0.2, 0) is 0 Å². The average molecular weight is 276 g/mol. The van der Waals surface area contributed by atoms with Crippen LogP contribution in [0.3, 0.4) is 0 Å². The Morgan fingerprint density at radius 1 is 1.50 bits per heavy atom. The number of likely N-dealkylation sites (N-methyl/N-ethyl adjacent to an activating group) is 1. The third-order valence-corrected chi connectivity index (χ3v) is 4.10. The van der Waals surface area contributed by atoms with Crippen LogP contribution in [0.2, 0.25) is 0 Å². The van der Waals surface area contributed by atoms with Crippen molar-refractivity contribution in [3.05, 3.63) is 28.7 Å². The van der Waals surface area contributed by atoms with E-state index in [1.54, 1.807) is 11.8 Å².